The lowest BCUT2D eigenvalue weighted by Gasteiger charge is -2.32. The van der Waals surface area contributed by atoms with Crippen LogP contribution in [-0.4, -0.2) is 44.8 Å². The molecule has 0 aliphatic rings. The largest absolute Gasteiger partial charge is 0.357 e. The molecule has 2 amide bonds. The van der Waals surface area contributed by atoms with Gasteiger partial charge in [0.25, 0.3) is 10.0 Å². The van der Waals surface area contributed by atoms with E-state index in [1.54, 1.807) is 43.3 Å². The molecule has 1 N–H and O–H groups in total. The van der Waals surface area contributed by atoms with Gasteiger partial charge in [0, 0.05) is 18.6 Å². The lowest BCUT2D eigenvalue weighted by molar-refractivity contribution is -0.139. The molecule has 7 nitrogen and oxygen atoms in total. The fourth-order valence-corrected chi connectivity index (χ4v) is 5.18. The maximum absolute atomic E-state index is 13.6. The third kappa shape index (κ3) is 6.22. The molecule has 0 unspecified atom stereocenters. The molecule has 0 radical (unpaired) electrons. The van der Waals surface area contributed by atoms with Crippen LogP contribution in [0.15, 0.2) is 77.7 Å². The summed E-state index contributed by atoms with van der Waals surface area (Å²) in [5, 5.41) is 2.92. The molecule has 0 aliphatic carbocycles. The minimum absolute atomic E-state index is 0.0189. The topological polar surface area (TPSA) is 86.8 Å². The summed E-state index contributed by atoms with van der Waals surface area (Å²) in [7, 11) is -2.76. The minimum Gasteiger partial charge on any atom is -0.357 e. The standard InChI is InChI=1S/C26H27ClFN3O4S/c1-18-8-14-23(15-9-18)36(34,35)31(22-12-10-21(28)11-13-22)17-25(32)30(19(2)26(33)29-3)16-20-6-4-5-7-24(20)27/h4-15,19H,16-17H2,1-3H3,(H,29,33)/t19-/m0/s1. The van der Waals surface area contributed by atoms with Gasteiger partial charge in [0.05, 0.1) is 10.6 Å². The quantitative estimate of drug-likeness (QED) is 0.449. The Bertz CT molecular complexity index is 1330. The Kier molecular flexibility index (Phi) is 8.70. The van der Waals surface area contributed by atoms with Crippen molar-refractivity contribution in [2.24, 2.45) is 0 Å². The van der Waals surface area contributed by atoms with Gasteiger partial charge < -0.3 is 10.2 Å². The van der Waals surface area contributed by atoms with E-state index in [-0.39, 0.29) is 17.1 Å². The van der Waals surface area contributed by atoms with Gasteiger partial charge in [-0.1, -0.05) is 47.5 Å². The predicted octanol–water partition coefficient (Wildman–Crippen LogP) is 4.15. The number of amides is 2. The second-order valence-electron chi connectivity index (χ2n) is 8.20. The number of rotatable bonds is 9. The normalized spacial score (nSPS) is 12.0. The molecule has 0 aromatic heterocycles. The Morgan fingerprint density at radius 1 is 1.00 bits per heavy atom. The maximum Gasteiger partial charge on any atom is 0.264 e. The SMILES string of the molecule is CNC(=O)[C@H](C)N(Cc1ccccc1Cl)C(=O)CN(c1ccc(F)cc1)S(=O)(=O)c1ccc(C)cc1. The zero-order valence-electron chi connectivity index (χ0n) is 20.1. The number of likely N-dealkylation sites (N-methyl/N-ethyl adjacent to an activating group) is 1. The number of hydrogen-bond donors (Lipinski definition) is 1. The first-order valence-electron chi connectivity index (χ1n) is 11.1. The number of nitrogens with zero attached hydrogens (tertiary/aromatic N) is 2. The minimum atomic E-state index is -4.21. The van der Waals surface area contributed by atoms with Crippen molar-refractivity contribution in [3.8, 4) is 0 Å². The number of hydrogen-bond acceptors (Lipinski definition) is 4. The van der Waals surface area contributed by atoms with Gasteiger partial charge in [-0.25, -0.2) is 12.8 Å². The number of carbonyl (C=O) groups excluding carboxylic acids is 2. The van der Waals surface area contributed by atoms with Crippen LogP contribution in [0.1, 0.15) is 18.1 Å². The van der Waals surface area contributed by atoms with Crippen LogP contribution in [0.2, 0.25) is 5.02 Å². The molecular formula is C26H27ClFN3O4S. The lowest BCUT2D eigenvalue weighted by atomic mass is 10.1. The van der Waals surface area contributed by atoms with Crippen LogP contribution >= 0.6 is 11.6 Å². The Hall–Kier alpha value is -3.43. The lowest BCUT2D eigenvalue weighted by Crippen LogP contribution is -2.50. The van der Waals surface area contributed by atoms with E-state index in [0.717, 1.165) is 22.0 Å². The highest BCUT2D eigenvalue weighted by Gasteiger charge is 2.32. The van der Waals surface area contributed by atoms with Crippen molar-refractivity contribution in [2.45, 2.75) is 31.3 Å². The monoisotopic (exact) mass is 531 g/mol. The van der Waals surface area contributed by atoms with Crippen LogP contribution in [0.25, 0.3) is 0 Å². The van der Waals surface area contributed by atoms with Crippen molar-refractivity contribution in [3.63, 3.8) is 0 Å². The highest BCUT2D eigenvalue weighted by atomic mass is 35.5. The Morgan fingerprint density at radius 2 is 1.61 bits per heavy atom. The van der Waals surface area contributed by atoms with Crippen molar-refractivity contribution in [1.29, 1.82) is 0 Å². The Labute approximate surface area is 215 Å². The number of nitrogens with one attached hydrogen (secondary N) is 1. The van der Waals surface area contributed by atoms with E-state index >= 15 is 0 Å². The van der Waals surface area contributed by atoms with E-state index in [1.807, 2.05) is 6.92 Å². The molecule has 0 bridgehead atoms. The zero-order valence-corrected chi connectivity index (χ0v) is 21.7. The second kappa shape index (κ2) is 11.5. The average Bonchev–Trinajstić information content (AvgIpc) is 2.86. The van der Waals surface area contributed by atoms with Gasteiger partial charge in [0.2, 0.25) is 11.8 Å². The molecule has 190 valence electrons. The molecule has 0 saturated carbocycles. The molecule has 3 aromatic carbocycles. The van der Waals surface area contributed by atoms with Gasteiger partial charge in [-0.3, -0.25) is 13.9 Å². The van der Waals surface area contributed by atoms with Gasteiger partial charge in [0.15, 0.2) is 0 Å². The molecular weight excluding hydrogens is 505 g/mol. The van der Waals surface area contributed by atoms with Crippen LogP contribution in [0.4, 0.5) is 10.1 Å². The van der Waals surface area contributed by atoms with E-state index < -0.39 is 40.2 Å². The molecule has 0 saturated heterocycles. The van der Waals surface area contributed by atoms with Crippen LogP contribution in [0, 0.1) is 12.7 Å². The number of aryl methyl sites for hydroxylation is 1. The molecule has 0 spiro atoms. The number of halogens is 2. The van der Waals surface area contributed by atoms with E-state index in [4.69, 9.17) is 11.6 Å². The van der Waals surface area contributed by atoms with Crippen molar-refractivity contribution >= 4 is 39.1 Å². The second-order valence-corrected chi connectivity index (χ2v) is 10.5. The fourth-order valence-electron chi connectivity index (χ4n) is 3.58. The summed E-state index contributed by atoms with van der Waals surface area (Å²) in [6.07, 6.45) is 0. The summed E-state index contributed by atoms with van der Waals surface area (Å²) >= 11 is 6.29. The van der Waals surface area contributed by atoms with Gasteiger partial charge in [-0.05, 0) is 61.9 Å². The molecule has 0 fully saturated rings. The fraction of sp³-hybridized carbons (Fsp3) is 0.231. The van der Waals surface area contributed by atoms with Crippen LogP contribution < -0.4 is 9.62 Å². The molecule has 10 heteroatoms. The van der Waals surface area contributed by atoms with Crippen molar-refractivity contribution in [1.82, 2.24) is 10.2 Å². The van der Waals surface area contributed by atoms with Crippen LogP contribution in [-0.2, 0) is 26.2 Å². The Morgan fingerprint density at radius 3 is 2.19 bits per heavy atom. The first kappa shape index (κ1) is 27.2. The van der Waals surface area contributed by atoms with E-state index in [2.05, 4.69) is 5.32 Å². The van der Waals surface area contributed by atoms with Crippen LogP contribution in [0.3, 0.4) is 0 Å². The highest BCUT2D eigenvalue weighted by Crippen LogP contribution is 2.26. The summed E-state index contributed by atoms with van der Waals surface area (Å²) in [5.74, 6) is -1.61. The summed E-state index contributed by atoms with van der Waals surface area (Å²) in [5.41, 5.74) is 1.57. The molecule has 1 atom stereocenters. The summed E-state index contributed by atoms with van der Waals surface area (Å²) < 4.78 is 41.8. The first-order chi connectivity index (χ1) is 17.0. The van der Waals surface area contributed by atoms with Gasteiger partial charge in [0.1, 0.15) is 18.4 Å². The van der Waals surface area contributed by atoms with E-state index in [0.29, 0.717) is 10.6 Å². The maximum atomic E-state index is 13.6. The predicted molar refractivity (Wildman–Crippen MR) is 138 cm³/mol. The number of carbonyl (C=O) groups is 2. The zero-order chi connectivity index (χ0) is 26.5. The number of anilines is 1. The highest BCUT2D eigenvalue weighted by molar-refractivity contribution is 7.92. The van der Waals surface area contributed by atoms with Gasteiger partial charge in [-0.15, -0.1) is 0 Å². The summed E-state index contributed by atoms with van der Waals surface area (Å²) in [6, 6.07) is 16.9. The number of sulfonamides is 1. The van der Waals surface area contributed by atoms with Gasteiger partial charge in [-0.2, -0.15) is 0 Å². The smallest absolute Gasteiger partial charge is 0.264 e. The summed E-state index contributed by atoms with van der Waals surface area (Å²) in [4.78, 5) is 27.3. The van der Waals surface area contributed by atoms with Crippen molar-refractivity contribution in [3.05, 3.63) is 94.8 Å². The number of benzene rings is 3. The molecule has 0 aliphatic heterocycles. The Balaban J connectivity index is 2.03. The van der Waals surface area contributed by atoms with Crippen molar-refractivity contribution in [2.75, 3.05) is 17.9 Å². The summed E-state index contributed by atoms with van der Waals surface area (Å²) in [6.45, 7) is 2.73. The molecule has 0 heterocycles. The third-order valence-electron chi connectivity index (χ3n) is 5.71. The first-order valence-corrected chi connectivity index (χ1v) is 13.0. The molecule has 3 aromatic rings. The van der Waals surface area contributed by atoms with E-state index in [1.165, 1.54) is 36.2 Å². The molecule has 3 rings (SSSR count). The molecule has 36 heavy (non-hydrogen) atoms. The van der Waals surface area contributed by atoms with Crippen LogP contribution in [0.5, 0.6) is 0 Å². The average molecular weight is 532 g/mol. The third-order valence-corrected chi connectivity index (χ3v) is 7.87. The van der Waals surface area contributed by atoms with Crippen molar-refractivity contribution < 1.29 is 22.4 Å². The van der Waals surface area contributed by atoms with E-state index in [9.17, 15) is 22.4 Å². The van der Waals surface area contributed by atoms with Gasteiger partial charge >= 0.3 is 0 Å².